The molecule has 0 spiro atoms. The number of carbonyl (C=O) groups excluding carboxylic acids is 2. The lowest BCUT2D eigenvalue weighted by molar-refractivity contribution is -0.929. The van der Waals surface area contributed by atoms with Gasteiger partial charge in [-0.25, -0.2) is 9.59 Å². The number of esters is 2. The monoisotopic (exact) mass is 615 g/mol. The second-order valence-corrected chi connectivity index (χ2v) is 9.17. The zero-order chi connectivity index (χ0) is 33.1. The molecule has 0 saturated carbocycles. The molecule has 0 heterocycles. The molecule has 41 heavy (non-hydrogen) atoms. The first-order valence-electron chi connectivity index (χ1n) is 14.2. The third-order valence-electron chi connectivity index (χ3n) is 5.93. The Morgan fingerprint density at radius 2 is 0.854 bits per heavy atom. The summed E-state index contributed by atoms with van der Waals surface area (Å²) >= 11 is 0. The Morgan fingerprint density at radius 1 is 0.634 bits per heavy atom. The maximum Gasteiger partial charge on any atom is 0.491 e. The molecule has 15 heteroatoms. The maximum atomic E-state index is 11.2. The average Bonchev–Trinajstić information content (AvgIpc) is 2.88. The number of hydrogen-bond donors (Lipinski definition) is 0. The van der Waals surface area contributed by atoms with Crippen LogP contribution in [0, 0.1) is 15.3 Å². The van der Waals surface area contributed by atoms with Gasteiger partial charge in [-0.15, -0.1) is 0 Å². The van der Waals surface area contributed by atoms with Crippen LogP contribution < -0.4 is 0 Å². The van der Waals surface area contributed by atoms with Crippen molar-refractivity contribution >= 4 is 11.9 Å². The van der Waals surface area contributed by atoms with Gasteiger partial charge in [0.25, 0.3) is 0 Å². The van der Waals surface area contributed by atoms with Crippen LogP contribution in [0.1, 0.15) is 99.8 Å². The number of carbonyl (C=O) groups is 2. The van der Waals surface area contributed by atoms with Crippen LogP contribution in [-0.4, -0.2) is 84.6 Å². The van der Waals surface area contributed by atoms with E-state index in [4.69, 9.17) is 15.3 Å². The summed E-state index contributed by atoms with van der Waals surface area (Å²) in [4.78, 5) is 29.9. The standard InChI is InChI=1S/C16H36N.C6H15N.C4F6O3.NO3/c1-5-9-13-17(14-10-6-2,15-11-7-3)16-12-8-4;1-4-7(5-2)6-3;5-3(6,7)1(11)13-2(12)4(8,9)10;2-1(3)4/h5-16H2,1-4H3;4-6H2,1-3H3;;/q+1;;;-1. The molecule has 0 amide bonds. The molecule has 0 unspecified atom stereocenters. The largest absolute Gasteiger partial charge is 0.491 e. The van der Waals surface area contributed by atoms with Crippen LogP contribution in [0.3, 0.4) is 0 Å². The molecular formula is C26H51F6N3O6. The highest BCUT2D eigenvalue weighted by Crippen LogP contribution is 2.21. The van der Waals surface area contributed by atoms with E-state index >= 15 is 0 Å². The van der Waals surface area contributed by atoms with E-state index in [0.29, 0.717) is 0 Å². The number of ether oxygens (including phenoxy) is 1. The van der Waals surface area contributed by atoms with Gasteiger partial charge in [-0.2, -0.15) is 26.3 Å². The van der Waals surface area contributed by atoms with Crippen molar-refractivity contribution in [2.24, 2.45) is 0 Å². The Balaban J connectivity index is -0.000000250. The minimum Gasteiger partial charge on any atom is -0.380 e. The minimum absolute atomic E-state index is 1.19. The summed E-state index contributed by atoms with van der Waals surface area (Å²) < 4.78 is 71.1. The van der Waals surface area contributed by atoms with Crippen LogP contribution in [0.15, 0.2) is 0 Å². The van der Waals surface area contributed by atoms with E-state index < -0.39 is 29.4 Å². The molecule has 9 nitrogen and oxygen atoms in total. The van der Waals surface area contributed by atoms with Gasteiger partial charge in [0.15, 0.2) is 0 Å². The molecule has 0 radical (unpaired) electrons. The lowest BCUT2D eigenvalue weighted by atomic mass is 10.1. The fourth-order valence-electron chi connectivity index (χ4n) is 3.52. The predicted molar refractivity (Wildman–Crippen MR) is 146 cm³/mol. The van der Waals surface area contributed by atoms with Gasteiger partial charge in [-0.05, 0) is 45.3 Å². The summed E-state index contributed by atoms with van der Waals surface area (Å²) in [5.41, 5.74) is 0. The Bertz CT molecular complexity index is 590. The van der Waals surface area contributed by atoms with Gasteiger partial charge >= 0.3 is 24.3 Å². The molecule has 0 aliphatic heterocycles. The molecule has 0 saturated heterocycles. The van der Waals surface area contributed by atoms with Crippen LogP contribution in [0.25, 0.3) is 0 Å². The average molecular weight is 616 g/mol. The number of alkyl halides is 6. The Labute approximate surface area is 240 Å². The van der Waals surface area contributed by atoms with Gasteiger partial charge in [-0.1, -0.05) is 74.1 Å². The second-order valence-electron chi connectivity index (χ2n) is 9.17. The van der Waals surface area contributed by atoms with Crippen molar-refractivity contribution in [2.45, 2.75) is 112 Å². The summed E-state index contributed by atoms with van der Waals surface area (Å²) in [5, 5.41) is 14.8. The summed E-state index contributed by atoms with van der Waals surface area (Å²) in [7, 11) is 0. The summed E-state index contributed by atoms with van der Waals surface area (Å²) in [6.07, 6.45) is -0.187. The number of rotatable bonds is 15. The third-order valence-corrected chi connectivity index (χ3v) is 5.93. The first kappa shape index (κ1) is 45.8. The van der Waals surface area contributed by atoms with Crippen LogP contribution in [0.4, 0.5) is 26.3 Å². The fraction of sp³-hybridized carbons (Fsp3) is 0.923. The fourth-order valence-corrected chi connectivity index (χ4v) is 3.52. The molecule has 0 rings (SSSR count). The highest BCUT2D eigenvalue weighted by atomic mass is 19.4. The van der Waals surface area contributed by atoms with Crippen molar-refractivity contribution in [3.05, 3.63) is 15.3 Å². The quantitative estimate of drug-likeness (QED) is 0.0475. The van der Waals surface area contributed by atoms with Gasteiger partial charge in [0.2, 0.25) is 0 Å². The van der Waals surface area contributed by atoms with Gasteiger partial charge in [0.05, 0.1) is 31.3 Å². The predicted octanol–water partition coefficient (Wildman–Crippen LogP) is 7.29. The van der Waals surface area contributed by atoms with Crippen LogP contribution in [0.2, 0.25) is 0 Å². The summed E-state index contributed by atoms with van der Waals surface area (Å²) in [5.74, 6) is -6.40. The molecule has 0 aromatic heterocycles. The lowest BCUT2D eigenvalue weighted by Gasteiger charge is -2.39. The van der Waals surface area contributed by atoms with Crippen molar-refractivity contribution in [3.8, 4) is 0 Å². The number of nitrogens with zero attached hydrogens (tertiary/aromatic N) is 3. The normalized spacial score (nSPS) is 11.3. The topological polar surface area (TPSA) is 113 Å². The molecule has 0 atom stereocenters. The molecule has 0 aliphatic carbocycles. The molecule has 248 valence electrons. The number of unbranched alkanes of at least 4 members (excludes halogenated alkanes) is 4. The maximum absolute atomic E-state index is 11.2. The van der Waals surface area contributed by atoms with E-state index in [-0.39, 0.29) is 0 Å². The molecule has 0 aromatic carbocycles. The first-order valence-corrected chi connectivity index (χ1v) is 14.2. The van der Waals surface area contributed by atoms with Gasteiger partial charge in [0, 0.05) is 0 Å². The molecule has 0 bridgehead atoms. The summed E-state index contributed by atoms with van der Waals surface area (Å²) in [6.45, 7) is 25.1. The number of halogens is 6. The zero-order valence-corrected chi connectivity index (χ0v) is 25.7. The molecule has 0 aliphatic rings. The minimum atomic E-state index is -5.62. The Kier molecular flexibility index (Phi) is 29.9. The Hall–Kier alpha value is -2.16. The van der Waals surface area contributed by atoms with Crippen LogP contribution >= 0.6 is 0 Å². The zero-order valence-electron chi connectivity index (χ0n) is 25.7. The molecule has 0 fully saturated rings. The van der Waals surface area contributed by atoms with Gasteiger partial charge in [0.1, 0.15) is 0 Å². The van der Waals surface area contributed by atoms with E-state index in [1.54, 1.807) is 0 Å². The van der Waals surface area contributed by atoms with Crippen molar-refractivity contribution in [1.82, 2.24) is 4.90 Å². The SMILES string of the molecule is CCCC[N+](CCCC)(CCCC)CCCC.CCN(CC)CC.O=C(OC(=O)C(F)(F)F)C(F)(F)F.O=[N+]([O-])[O-]. The van der Waals surface area contributed by atoms with Gasteiger partial charge < -0.3 is 29.4 Å². The highest BCUT2D eigenvalue weighted by molar-refractivity contribution is 5.90. The second kappa shape index (κ2) is 26.7. The van der Waals surface area contributed by atoms with E-state index in [0.717, 1.165) is 0 Å². The molecule has 0 aromatic rings. The van der Waals surface area contributed by atoms with E-state index in [1.165, 1.54) is 102 Å². The van der Waals surface area contributed by atoms with E-state index in [1.807, 2.05) is 0 Å². The summed E-state index contributed by atoms with van der Waals surface area (Å²) in [6, 6.07) is 0. The van der Waals surface area contributed by atoms with Crippen molar-refractivity contribution in [2.75, 3.05) is 45.8 Å². The smallest absolute Gasteiger partial charge is 0.380 e. The lowest BCUT2D eigenvalue weighted by Crippen LogP contribution is -2.50. The van der Waals surface area contributed by atoms with Crippen molar-refractivity contribution in [1.29, 1.82) is 0 Å². The van der Waals surface area contributed by atoms with Crippen molar-refractivity contribution < 1.29 is 50.2 Å². The Morgan fingerprint density at radius 3 is 0.976 bits per heavy atom. The van der Waals surface area contributed by atoms with Crippen molar-refractivity contribution in [3.63, 3.8) is 0 Å². The molecule has 0 N–H and O–H groups in total. The van der Waals surface area contributed by atoms with Crippen LogP contribution in [-0.2, 0) is 14.3 Å². The first-order chi connectivity index (χ1) is 18.9. The van der Waals surface area contributed by atoms with E-state index in [2.05, 4.69) is 58.1 Å². The van der Waals surface area contributed by atoms with Crippen LogP contribution in [0.5, 0.6) is 0 Å². The number of hydrogen-bond acceptors (Lipinski definition) is 7. The van der Waals surface area contributed by atoms with Gasteiger partial charge in [-0.3, -0.25) is 0 Å². The highest BCUT2D eigenvalue weighted by Gasteiger charge is 2.49. The van der Waals surface area contributed by atoms with E-state index in [9.17, 15) is 35.9 Å². The third kappa shape index (κ3) is 30.6. The molecular weight excluding hydrogens is 564 g/mol. The number of quaternary nitrogens is 1.